The predicted octanol–water partition coefficient (Wildman–Crippen LogP) is 3.37. The highest BCUT2D eigenvalue weighted by Crippen LogP contribution is 2.26. The average molecular weight is 501 g/mol. The lowest BCUT2D eigenvalue weighted by molar-refractivity contribution is -0.140. The number of amides is 1. The molecule has 4 rings (SSSR count). The summed E-state index contributed by atoms with van der Waals surface area (Å²) in [5.74, 6) is 1.12. The van der Waals surface area contributed by atoms with E-state index in [0.717, 1.165) is 50.1 Å². The molecule has 0 radical (unpaired) electrons. The van der Waals surface area contributed by atoms with Crippen molar-refractivity contribution in [1.29, 1.82) is 0 Å². The SMILES string of the molecule is O=C1CCCCCN1CCCOc1cccc(CN2CC[C@H](O)[C@@](O)(COc3ccc(F)cc3)C2)c1. The Morgan fingerprint density at radius 1 is 1.03 bits per heavy atom. The molecule has 0 aromatic heterocycles. The second-order valence-corrected chi connectivity index (χ2v) is 9.90. The number of aliphatic hydroxyl groups excluding tert-OH is 1. The summed E-state index contributed by atoms with van der Waals surface area (Å²) < 4.78 is 24.7. The van der Waals surface area contributed by atoms with Crippen molar-refractivity contribution in [2.24, 2.45) is 0 Å². The highest BCUT2D eigenvalue weighted by atomic mass is 19.1. The van der Waals surface area contributed by atoms with Gasteiger partial charge in [0.15, 0.2) is 0 Å². The monoisotopic (exact) mass is 500 g/mol. The van der Waals surface area contributed by atoms with Crippen LogP contribution < -0.4 is 9.47 Å². The topological polar surface area (TPSA) is 82.5 Å². The molecule has 36 heavy (non-hydrogen) atoms. The number of nitrogens with zero attached hydrogens (tertiary/aromatic N) is 2. The maximum atomic E-state index is 13.1. The van der Waals surface area contributed by atoms with Crippen LogP contribution in [0.2, 0.25) is 0 Å². The van der Waals surface area contributed by atoms with E-state index in [0.29, 0.717) is 38.3 Å². The van der Waals surface area contributed by atoms with Gasteiger partial charge in [-0.15, -0.1) is 0 Å². The van der Waals surface area contributed by atoms with E-state index in [9.17, 15) is 19.4 Å². The zero-order valence-electron chi connectivity index (χ0n) is 20.8. The summed E-state index contributed by atoms with van der Waals surface area (Å²) in [6.45, 7) is 3.54. The molecule has 2 heterocycles. The number of rotatable bonds is 10. The Labute approximate surface area is 212 Å². The number of ether oxygens (including phenoxy) is 2. The first-order valence-electron chi connectivity index (χ1n) is 12.9. The Morgan fingerprint density at radius 2 is 1.86 bits per heavy atom. The molecule has 2 aliphatic heterocycles. The van der Waals surface area contributed by atoms with Gasteiger partial charge in [0.25, 0.3) is 0 Å². The lowest BCUT2D eigenvalue weighted by atomic mass is 9.90. The lowest BCUT2D eigenvalue weighted by Gasteiger charge is -2.42. The average Bonchev–Trinajstić information content (AvgIpc) is 3.08. The molecular weight excluding hydrogens is 463 g/mol. The molecular formula is C28H37FN2O5. The van der Waals surface area contributed by atoms with Gasteiger partial charge in [0.2, 0.25) is 5.91 Å². The zero-order chi connectivity index (χ0) is 25.4. The zero-order valence-corrected chi connectivity index (χ0v) is 20.8. The van der Waals surface area contributed by atoms with Crippen molar-refractivity contribution in [2.75, 3.05) is 39.4 Å². The van der Waals surface area contributed by atoms with Crippen LogP contribution in [0.25, 0.3) is 0 Å². The summed E-state index contributed by atoms with van der Waals surface area (Å²) in [5, 5.41) is 21.6. The van der Waals surface area contributed by atoms with Gasteiger partial charge in [0.05, 0.1) is 12.7 Å². The number of halogens is 1. The minimum atomic E-state index is -1.43. The van der Waals surface area contributed by atoms with E-state index < -0.39 is 11.7 Å². The van der Waals surface area contributed by atoms with Crippen molar-refractivity contribution < 1.29 is 28.9 Å². The van der Waals surface area contributed by atoms with Gasteiger partial charge in [-0.3, -0.25) is 9.69 Å². The van der Waals surface area contributed by atoms with Crippen molar-refractivity contribution in [3.63, 3.8) is 0 Å². The van der Waals surface area contributed by atoms with Gasteiger partial charge in [-0.1, -0.05) is 18.6 Å². The molecule has 8 heteroatoms. The van der Waals surface area contributed by atoms with E-state index in [1.54, 1.807) is 0 Å². The standard InChI is InChI=1S/C28H37FN2O5/c29-23-9-11-24(12-10-23)36-21-28(34)20-30(16-13-26(28)32)19-22-6-4-7-25(18-22)35-17-5-15-31-14-3-1-2-8-27(31)33/h4,6-7,9-12,18,26,32,34H,1-3,5,8,13-17,19-21H2/t26-,28-/m0/s1. The Kier molecular flexibility index (Phi) is 9.18. The number of hydrogen-bond acceptors (Lipinski definition) is 6. The van der Waals surface area contributed by atoms with Crippen molar-refractivity contribution in [2.45, 2.75) is 56.8 Å². The summed E-state index contributed by atoms with van der Waals surface area (Å²) in [6.07, 6.45) is 4.17. The molecule has 196 valence electrons. The molecule has 2 aliphatic rings. The largest absolute Gasteiger partial charge is 0.494 e. The Hall–Kier alpha value is -2.68. The Bertz CT molecular complexity index is 988. The fraction of sp³-hybridized carbons (Fsp3) is 0.536. The van der Waals surface area contributed by atoms with E-state index in [-0.39, 0.29) is 24.9 Å². The summed E-state index contributed by atoms with van der Waals surface area (Å²) in [4.78, 5) is 16.2. The summed E-state index contributed by atoms with van der Waals surface area (Å²) in [6, 6.07) is 13.5. The molecule has 0 aliphatic carbocycles. The second-order valence-electron chi connectivity index (χ2n) is 9.90. The molecule has 2 aromatic rings. The molecule has 0 bridgehead atoms. The fourth-order valence-corrected chi connectivity index (χ4v) is 4.87. The first-order valence-corrected chi connectivity index (χ1v) is 12.9. The third-order valence-corrected chi connectivity index (χ3v) is 6.96. The molecule has 2 saturated heterocycles. The number of piperidine rings is 1. The number of β-amino-alcohol motifs (C(OH)–C–C–N with tert-alkyl or cyclic N) is 1. The van der Waals surface area contributed by atoms with Gasteiger partial charge < -0.3 is 24.6 Å². The van der Waals surface area contributed by atoms with Gasteiger partial charge >= 0.3 is 0 Å². The molecule has 0 unspecified atom stereocenters. The lowest BCUT2D eigenvalue weighted by Crippen LogP contribution is -2.59. The van der Waals surface area contributed by atoms with Crippen molar-refractivity contribution in [3.8, 4) is 11.5 Å². The summed E-state index contributed by atoms with van der Waals surface area (Å²) >= 11 is 0. The van der Waals surface area contributed by atoms with E-state index in [2.05, 4.69) is 4.90 Å². The van der Waals surface area contributed by atoms with Crippen LogP contribution in [0.5, 0.6) is 11.5 Å². The number of aliphatic hydroxyl groups is 2. The minimum Gasteiger partial charge on any atom is -0.494 e. The Morgan fingerprint density at radius 3 is 2.69 bits per heavy atom. The number of hydrogen-bond donors (Lipinski definition) is 2. The smallest absolute Gasteiger partial charge is 0.222 e. The fourth-order valence-electron chi connectivity index (χ4n) is 4.87. The first-order chi connectivity index (χ1) is 17.4. The van der Waals surface area contributed by atoms with Crippen LogP contribution >= 0.6 is 0 Å². The van der Waals surface area contributed by atoms with Crippen LogP contribution in [-0.4, -0.2) is 77.0 Å². The minimum absolute atomic E-state index is 0.0844. The van der Waals surface area contributed by atoms with E-state index >= 15 is 0 Å². The van der Waals surface area contributed by atoms with Crippen molar-refractivity contribution in [1.82, 2.24) is 9.80 Å². The number of carbonyl (C=O) groups is 1. The highest BCUT2D eigenvalue weighted by Gasteiger charge is 2.42. The van der Waals surface area contributed by atoms with Crippen LogP contribution in [0.4, 0.5) is 4.39 Å². The van der Waals surface area contributed by atoms with Crippen LogP contribution in [0.3, 0.4) is 0 Å². The molecule has 0 saturated carbocycles. The van der Waals surface area contributed by atoms with Gasteiger partial charge in [-0.2, -0.15) is 0 Å². The van der Waals surface area contributed by atoms with Gasteiger partial charge in [0, 0.05) is 39.1 Å². The van der Waals surface area contributed by atoms with Gasteiger partial charge in [-0.25, -0.2) is 4.39 Å². The van der Waals surface area contributed by atoms with Crippen LogP contribution in [0.15, 0.2) is 48.5 Å². The quantitative estimate of drug-likeness (QED) is 0.487. The maximum Gasteiger partial charge on any atom is 0.222 e. The van der Waals surface area contributed by atoms with Gasteiger partial charge in [-0.05, 0) is 67.6 Å². The van der Waals surface area contributed by atoms with Gasteiger partial charge in [0.1, 0.15) is 29.5 Å². The van der Waals surface area contributed by atoms with Crippen LogP contribution in [0, 0.1) is 5.82 Å². The third kappa shape index (κ3) is 7.41. The van der Waals surface area contributed by atoms with Crippen molar-refractivity contribution in [3.05, 3.63) is 59.9 Å². The molecule has 2 fully saturated rings. The highest BCUT2D eigenvalue weighted by molar-refractivity contribution is 5.76. The predicted molar refractivity (Wildman–Crippen MR) is 134 cm³/mol. The normalized spacial score (nSPS) is 23.4. The second kappa shape index (κ2) is 12.5. The molecule has 2 aromatic carbocycles. The van der Waals surface area contributed by atoms with E-state index in [1.165, 1.54) is 24.3 Å². The molecule has 2 atom stereocenters. The molecule has 7 nitrogen and oxygen atoms in total. The summed E-state index contributed by atoms with van der Waals surface area (Å²) in [5.41, 5.74) is -0.376. The number of likely N-dealkylation sites (tertiary alicyclic amines) is 2. The molecule has 1 amide bonds. The van der Waals surface area contributed by atoms with Crippen LogP contribution in [-0.2, 0) is 11.3 Å². The van der Waals surface area contributed by atoms with E-state index in [4.69, 9.17) is 9.47 Å². The summed E-state index contributed by atoms with van der Waals surface area (Å²) in [7, 11) is 0. The molecule has 2 N–H and O–H groups in total. The molecule has 0 spiro atoms. The maximum absolute atomic E-state index is 13.1. The Balaban J connectivity index is 1.25. The van der Waals surface area contributed by atoms with E-state index in [1.807, 2.05) is 29.2 Å². The third-order valence-electron chi connectivity index (χ3n) is 6.96. The van der Waals surface area contributed by atoms with Crippen LogP contribution in [0.1, 0.15) is 44.1 Å². The number of benzene rings is 2. The first kappa shape index (κ1) is 26.4. The van der Waals surface area contributed by atoms with Crippen molar-refractivity contribution >= 4 is 5.91 Å². The number of carbonyl (C=O) groups excluding carboxylic acids is 1.